The van der Waals surface area contributed by atoms with Gasteiger partial charge in [-0.2, -0.15) is 0 Å². The third-order valence-corrected chi connectivity index (χ3v) is 3.90. The van der Waals surface area contributed by atoms with Gasteiger partial charge in [0, 0.05) is 6.54 Å². The highest BCUT2D eigenvalue weighted by Crippen LogP contribution is 2.17. The van der Waals surface area contributed by atoms with Gasteiger partial charge in [0.1, 0.15) is 0 Å². The molecule has 0 saturated carbocycles. The molecule has 140 valence electrons. The Morgan fingerprint density at radius 3 is 2.28 bits per heavy atom. The van der Waals surface area contributed by atoms with Crippen LogP contribution in [0.5, 0.6) is 0 Å². The highest BCUT2D eigenvalue weighted by molar-refractivity contribution is 5.87. The summed E-state index contributed by atoms with van der Waals surface area (Å²) in [5.74, 6) is -0.138. The number of carbonyl (C=O) groups is 1. The van der Waals surface area contributed by atoms with E-state index in [-0.39, 0.29) is 5.91 Å². The molecular weight excluding hydrogens is 310 g/mol. The summed E-state index contributed by atoms with van der Waals surface area (Å²) in [5.41, 5.74) is -0.782. The Kier molecular flexibility index (Phi) is 14.5. The molecule has 0 rings (SSSR count). The molecule has 3 nitrogen and oxygen atoms in total. The smallest absolute Gasteiger partial charge is 0.243 e. The number of rotatable bonds is 13. The van der Waals surface area contributed by atoms with E-state index in [1.807, 2.05) is 62.5 Å². The lowest BCUT2D eigenvalue weighted by atomic mass is 9.94. The lowest BCUT2D eigenvalue weighted by Crippen LogP contribution is -2.42. The zero-order valence-electron chi connectivity index (χ0n) is 16.1. The van der Waals surface area contributed by atoms with Gasteiger partial charge in [-0.15, -0.1) is 0 Å². The maximum atomic E-state index is 11.8. The van der Waals surface area contributed by atoms with Crippen molar-refractivity contribution >= 4 is 5.91 Å². The zero-order valence-corrected chi connectivity index (χ0v) is 16.1. The highest BCUT2D eigenvalue weighted by atomic mass is 16.3. The largest absolute Gasteiger partial charge is 0.388 e. The number of amides is 1. The van der Waals surface area contributed by atoms with Crippen LogP contribution in [0.25, 0.3) is 0 Å². The van der Waals surface area contributed by atoms with Crippen molar-refractivity contribution in [2.75, 3.05) is 6.54 Å². The number of hydrogen-bond acceptors (Lipinski definition) is 2. The average Bonchev–Trinajstić information content (AvgIpc) is 2.62. The second-order valence-electron chi connectivity index (χ2n) is 6.10. The van der Waals surface area contributed by atoms with Crippen molar-refractivity contribution < 1.29 is 9.90 Å². The van der Waals surface area contributed by atoms with Crippen molar-refractivity contribution in [3.8, 4) is 0 Å². The second-order valence-corrected chi connectivity index (χ2v) is 6.10. The van der Waals surface area contributed by atoms with Gasteiger partial charge in [0.15, 0.2) is 0 Å². The van der Waals surface area contributed by atoms with Gasteiger partial charge < -0.3 is 10.4 Å². The maximum Gasteiger partial charge on any atom is 0.243 e. The summed E-state index contributed by atoms with van der Waals surface area (Å²) in [6, 6.07) is 0. The lowest BCUT2D eigenvalue weighted by Gasteiger charge is -2.26. The van der Waals surface area contributed by atoms with Crippen LogP contribution < -0.4 is 5.32 Å². The van der Waals surface area contributed by atoms with Crippen LogP contribution in [-0.2, 0) is 4.79 Å². The zero-order chi connectivity index (χ0) is 18.8. The molecule has 25 heavy (non-hydrogen) atoms. The van der Waals surface area contributed by atoms with Crippen molar-refractivity contribution in [2.45, 2.75) is 64.9 Å². The fraction of sp³-hybridized carbons (Fsp3) is 0.500. The minimum atomic E-state index is -0.782. The Labute approximate surface area is 153 Å². The topological polar surface area (TPSA) is 49.3 Å². The Morgan fingerprint density at radius 1 is 1.00 bits per heavy atom. The third kappa shape index (κ3) is 14.2. The predicted octanol–water partition coefficient (Wildman–Crippen LogP) is 5.02. The number of aliphatic hydroxyl groups is 1. The van der Waals surface area contributed by atoms with Crippen LogP contribution in [0.4, 0.5) is 0 Å². The molecule has 2 N–H and O–H groups in total. The predicted molar refractivity (Wildman–Crippen MR) is 108 cm³/mol. The summed E-state index contributed by atoms with van der Waals surface area (Å²) in [6.07, 6.45) is 24.5. The first-order valence-electron chi connectivity index (χ1n) is 9.36. The van der Waals surface area contributed by atoms with Crippen LogP contribution in [0, 0.1) is 0 Å². The van der Waals surface area contributed by atoms with Crippen molar-refractivity contribution in [3.05, 3.63) is 60.8 Å². The van der Waals surface area contributed by atoms with E-state index < -0.39 is 5.60 Å². The standard InChI is InChI=1S/C22H35NO2/c1-4-7-9-10-11-12-13-14-15-16-17-18-21(24)23-20-22(25,6-3)19-8-5-2/h4,7,9-14,17-18,25H,5-6,8,15-16,19-20H2,1-3H3,(H,23,24). The Bertz CT molecular complexity index is 486. The number of carbonyl (C=O) groups excluding carboxylic acids is 1. The minimum absolute atomic E-state index is 0.138. The molecule has 0 aromatic carbocycles. The first-order valence-corrected chi connectivity index (χ1v) is 9.36. The lowest BCUT2D eigenvalue weighted by molar-refractivity contribution is -0.117. The van der Waals surface area contributed by atoms with Crippen LogP contribution in [0.2, 0.25) is 0 Å². The fourth-order valence-corrected chi connectivity index (χ4v) is 2.13. The summed E-state index contributed by atoms with van der Waals surface area (Å²) in [6.45, 7) is 6.35. The van der Waals surface area contributed by atoms with E-state index in [0.29, 0.717) is 13.0 Å². The first kappa shape index (κ1) is 23.1. The van der Waals surface area contributed by atoms with Crippen molar-refractivity contribution in [2.24, 2.45) is 0 Å². The van der Waals surface area contributed by atoms with Crippen molar-refractivity contribution in [1.82, 2.24) is 5.32 Å². The molecule has 0 aromatic rings. The molecule has 0 radical (unpaired) electrons. The van der Waals surface area contributed by atoms with Gasteiger partial charge in [0.05, 0.1) is 5.60 Å². The summed E-state index contributed by atoms with van der Waals surface area (Å²) in [5, 5.41) is 13.2. The molecule has 0 saturated heterocycles. The van der Waals surface area contributed by atoms with Gasteiger partial charge in [-0.05, 0) is 38.7 Å². The quantitative estimate of drug-likeness (QED) is 0.280. The highest BCUT2D eigenvalue weighted by Gasteiger charge is 2.23. The van der Waals surface area contributed by atoms with E-state index in [4.69, 9.17) is 0 Å². The summed E-state index contributed by atoms with van der Waals surface area (Å²) in [4.78, 5) is 11.8. The molecule has 1 atom stereocenters. The molecule has 0 aliphatic heterocycles. The van der Waals surface area contributed by atoms with Crippen LogP contribution in [0.3, 0.4) is 0 Å². The molecule has 0 spiro atoms. The summed E-state index contributed by atoms with van der Waals surface area (Å²) in [7, 11) is 0. The molecule has 0 bridgehead atoms. The number of hydrogen-bond donors (Lipinski definition) is 2. The van der Waals surface area contributed by atoms with Crippen LogP contribution in [0.15, 0.2) is 60.8 Å². The number of unbranched alkanes of at least 4 members (excludes halogenated alkanes) is 2. The molecule has 0 aromatic heterocycles. The SMILES string of the molecule is CC=CC=CC=CC=CCCC=CC(=O)NCC(O)(CC)CCCC. The van der Waals surface area contributed by atoms with E-state index in [0.717, 1.165) is 32.1 Å². The molecular formula is C22H35NO2. The molecule has 0 aliphatic rings. The summed E-state index contributed by atoms with van der Waals surface area (Å²) >= 11 is 0. The number of allylic oxidation sites excluding steroid dienone is 9. The van der Waals surface area contributed by atoms with Crippen LogP contribution >= 0.6 is 0 Å². The van der Waals surface area contributed by atoms with E-state index >= 15 is 0 Å². The van der Waals surface area contributed by atoms with E-state index in [1.54, 1.807) is 6.08 Å². The van der Waals surface area contributed by atoms with E-state index in [1.165, 1.54) is 0 Å². The summed E-state index contributed by atoms with van der Waals surface area (Å²) < 4.78 is 0. The Hall–Kier alpha value is -1.87. The Balaban J connectivity index is 3.96. The van der Waals surface area contributed by atoms with Gasteiger partial charge in [-0.25, -0.2) is 0 Å². The van der Waals surface area contributed by atoms with E-state index in [2.05, 4.69) is 18.3 Å². The van der Waals surface area contributed by atoms with Crippen molar-refractivity contribution in [3.63, 3.8) is 0 Å². The normalized spacial score (nSPS) is 15.2. The Morgan fingerprint density at radius 2 is 1.64 bits per heavy atom. The molecule has 0 aliphatic carbocycles. The maximum absolute atomic E-state index is 11.8. The van der Waals surface area contributed by atoms with Gasteiger partial charge in [-0.3, -0.25) is 4.79 Å². The van der Waals surface area contributed by atoms with E-state index in [9.17, 15) is 9.90 Å². The number of nitrogens with one attached hydrogen (secondary N) is 1. The monoisotopic (exact) mass is 345 g/mol. The third-order valence-electron chi connectivity index (χ3n) is 3.90. The fourth-order valence-electron chi connectivity index (χ4n) is 2.13. The minimum Gasteiger partial charge on any atom is -0.388 e. The van der Waals surface area contributed by atoms with Crippen molar-refractivity contribution in [1.29, 1.82) is 0 Å². The molecule has 0 fully saturated rings. The molecule has 1 amide bonds. The van der Waals surface area contributed by atoms with Gasteiger partial charge >= 0.3 is 0 Å². The second kappa shape index (κ2) is 15.6. The van der Waals surface area contributed by atoms with Gasteiger partial charge in [0.2, 0.25) is 5.91 Å². The average molecular weight is 346 g/mol. The van der Waals surface area contributed by atoms with Gasteiger partial charge in [0.25, 0.3) is 0 Å². The van der Waals surface area contributed by atoms with Crippen LogP contribution in [0.1, 0.15) is 59.3 Å². The van der Waals surface area contributed by atoms with Crippen LogP contribution in [-0.4, -0.2) is 23.2 Å². The van der Waals surface area contributed by atoms with Gasteiger partial charge in [-0.1, -0.05) is 81.4 Å². The molecule has 0 heterocycles. The first-order chi connectivity index (χ1) is 12.1. The molecule has 1 unspecified atom stereocenters. The molecule has 3 heteroatoms.